The van der Waals surface area contributed by atoms with Crippen molar-refractivity contribution in [3.63, 3.8) is 0 Å². The molecule has 0 saturated carbocycles. The van der Waals surface area contributed by atoms with Crippen molar-refractivity contribution < 1.29 is 9.47 Å². The van der Waals surface area contributed by atoms with Crippen LogP contribution >= 0.6 is 11.6 Å². The molecule has 1 aromatic rings. The lowest BCUT2D eigenvalue weighted by Gasteiger charge is -2.23. The van der Waals surface area contributed by atoms with E-state index in [1.807, 2.05) is 6.07 Å². The summed E-state index contributed by atoms with van der Waals surface area (Å²) in [6, 6.07) is 2.35. The van der Waals surface area contributed by atoms with Crippen LogP contribution < -0.4 is 15.2 Å². The smallest absolute Gasteiger partial charge is 0.166 e. The number of halogens is 1. The lowest BCUT2D eigenvalue weighted by atomic mass is 9.96. The van der Waals surface area contributed by atoms with Crippen molar-refractivity contribution in [2.45, 2.75) is 31.9 Å². The fraction of sp³-hybridized carbons (Fsp3) is 0.625. The predicted molar refractivity (Wildman–Crippen MR) is 84.3 cm³/mol. The minimum atomic E-state index is 0.153. The summed E-state index contributed by atoms with van der Waals surface area (Å²) in [5.41, 5.74) is 8.06. The number of benzene rings is 1. The van der Waals surface area contributed by atoms with Gasteiger partial charge in [0.2, 0.25) is 0 Å². The summed E-state index contributed by atoms with van der Waals surface area (Å²) >= 11 is 6.69. The number of nitrogens with two attached hydrogens (primary N) is 1. The fourth-order valence-corrected chi connectivity index (χ4v) is 3.91. The Bertz CT molecular complexity index is 550. The van der Waals surface area contributed by atoms with Crippen molar-refractivity contribution in [2.75, 3.05) is 27.2 Å². The number of hydrogen-bond acceptors (Lipinski definition) is 4. The van der Waals surface area contributed by atoms with Gasteiger partial charge in [-0.05, 0) is 44.5 Å². The molecule has 0 radical (unpaired) electrons. The number of nitrogens with zero attached hydrogens (tertiary/aromatic N) is 1. The zero-order valence-corrected chi connectivity index (χ0v) is 13.6. The van der Waals surface area contributed by atoms with E-state index in [0.717, 1.165) is 53.6 Å². The zero-order chi connectivity index (χ0) is 15.1. The number of methoxy groups -OCH3 is 1. The highest BCUT2D eigenvalue weighted by atomic mass is 35.5. The monoisotopic (exact) mass is 310 g/mol. The molecular formula is C16H23ClN2O2. The van der Waals surface area contributed by atoms with Crippen molar-refractivity contribution in [1.82, 2.24) is 4.90 Å². The van der Waals surface area contributed by atoms with Gasteiger partial charge in [0.25, 0.3) is 0 Å². The highest BCUT2D eigenvalue weighted by molar-refractivity contribution is 6.32. The van der Waals surface area contributed by atoms with E-state index < -0.39 is 0 Å². The van der Waals surface area contributed by atoms with Gasteiger partial charge in [0.1, 0.15) is 6.10 Å². The summed E-state index contributed by atoms with van der Waals surface area (Å²) in [5, 5.41) is 0.838. The molecule has 2 heterocycles. The lowest BCUT2D eigenvalue weighted by Crippen LogP contribution is -2.20. The number of hydrogen-bond donors (Lipinski definition) is 1. The van der Waals surface area contributed by atoms with Gasteiger partial charge in [-0.25, -0.2) is 0 Å². The van der Waals surface area contributed by atoms with Crippen LogP contribution in [0.2, 0.25) is 5.02 Å². The Kier molecular flexibility index (Phi) is 4.04. The molecule has 3 unspecified atom stereocenters. The second-order valence-electron chi connectivity index (χ2n) is 6.22. The SMILES string of the molecule is COc1cc(C2CC(CN)CN2C)c(Cl)c2c1OC(C)C2. The van der Waals surface area contributed by atoms with Crippen molar-refractivity contribution in [3.05, 3.63) is 22.2 Å². The van der Waals surface area contributed by atoms with Crippen LogP contribution in [0.1, 0.15) is 30.5 Å². The van der Waals surface area contributed by atoms with E-state index in [4.69, 9.17) is 26.8 Å². The molecule has 116 valence electrons. The highest BCUT2D eigenvalue weighted by Crippen LogP contribution is 2.48. The standard InChI is InChI=1S/C16H23ClN2O2/c1-9-4-12-15(17)11(6-14(20-3)16(12)21-9)13-5-10(7-18)8-19(13)2/h6,9-10,13H,4-5,7-8,18H2,1-3H3. The molecule has 5 heteroatoms. The normalized spacial score (nSPS) is 28.5. The maximum atomic E-state index is 6.69. The third kappa shape index (κ3) is 2.50. The number of likely N-dealkylation sites (tertiary alicyclic amines) is 1. The van der Waals surface area contributed by atoms with Gasteiger partial charge >= 0.3 is 0 Å². The molecule has 4 nitrogen and oxygen atoms in total. The minimum absolute atomic E-state index is 0.153. The Morgan fingerprint density at radius 1 is 1.52 bits per heavy atom. The van der Waals surface area contributed by atoms with Gasteiger partial charge in [0, 0.05) is 24.6 Å². The summed E-state index contributed by atoms with van der Waals surface area (Å²) in [6.45, 7) is 3.80. The van der Waals surface area contributed by atoms with Crippen LogP contribution in [-0.2, 0) is 6.42 Å². The fourth-order valence-electron chi connectivity index (χ4n) is 3.57. The van der Waals surface area contributed by atoms with Gasteiger partial charge in [-0.3, -0.25) is 4.90 Å². The number of rotatable bonds is 3. The van der Waals surface area contributed by atoms with Crippen LogP contribution in [-0.4, -0.2) is 38.3 Å². The van der Waals surface area contributed by atoms with Crippen molar-refractivity contribution >= 4 is 11.6 Å². The quantitative estimate of drug-likeness (QED) is 0.932. The molecular weight excluding hydrogens is 288 g/mol. The third-order valence-corrected chi connectivity index (χ3v) is 5.11. The van der Waals surface area contributed by atoms with Gasteiger partial charge in [0.05, 0.1) is 12.1 Å². The first-order chi connectivity index (χ1) is 10.0. The molecule has 0 aromatic heterocycles. The molecule has 0 bridgehead atoms. The molecule has 0 aliphatic carbocycles. The second-order valence-corrected chi connectivity index (χ2v) is 6.59. The summed E-state index contributed by atoms with van der Waals surface area (Å²) in [6.07, 6.45) is 2.04. The maximum absolute atomic E-state index is 6.69. The molecule has 2 aliphatic heterocycles. The molecule has 2 N–H and O–H groups in total. The Hall–Kier alpha value is -0.970. The van der Waals surface area contributed by atoms with E-state index >= 15 is 0 Å². The minimum Gasteiger partial charge on any atom is -0.493 e. The molecule has 1 fully saturated rings. The zero-order valence-electron chi connectivity index (χ0n) is 12.9. The molecule has 3 rings (SSSR count). The Morgan fingerprint density at radius 2 is 2.29 bits per heavy atom. The molecule has 0 spiro atoms. The number of fused-ring (bicyclic) bond motifs is 1. The van der Waals surface area contributed by atoms with Gasteiger partial charge in [-0.1, -0.05) is 11.6 Å². The predicted octanol–water partition coefficient (Wildman–Crippen LogP) is 2.62. The summed E-state index contributed by atoms with van der Waals surface area (Å²) < 4.78 is 11.4. The van der Waals surface area contributed by atoms with Crippen molar-refractivity contribution in [2.24, 2.45) is 11.7 Å². The summed E-state index contributed by atoms with van der Waals surface area (Å²) in [7, 11) is 3.82. The van der Waals surface area contributed by atoms with E-state index in [2.05, 4.69) is 18.9 Å². The van der Waals surface area contributed by atoms with Gasteiger partial charge < -0.3 is 15.2 Å². The molecule has 0 amide bonds. The lowest BCUT2D eigenvalue weighted by molar-refractivity contribution is 0.243. The van der Waals surface area contributed by atoms with Gasteiger partial charge in [-0.2, -0.15) is 0 Å². The Morgan fingerprint density at radius 3 is 2.90 bits per heavy atom. The third-order valence-electron chi connectivity index (χ3n) is 4.66. The maximum Gasteiger partial charge on any atom is 0.166 e. The average Bonchev–Trinajstić information content (AvgIpc) is 3.03. The van der Waals surface area contributed by atoms with E-state index in [-0.39, 0.29) is 6.10 Å². The molecule has 2 aliphatic rings. The first kappa shape index (κ1) is 14.9. The van der Waals surface area contributed by atoms with Crippen molar-refractivity contribution in [3.8, 4) is 11.5 Å². The molecule has 3 atom stereocenters. The van der Waals surface area contributed by atoms with Crippen LogP contribution in [0.15, 0.2) is 6.07 Å². The van der Waals surface area contributed by atoms with Crippen LogP contribution in [0, 0.1) is 5.92 Å². The highest BCUT2D eigenvalue weighted by Gasteiger charge is 2.35. The molecule has 1 saturated heterocycles. The first-order valence-corrected chi connectivity index (χ1v) is 7.89. The van der Waals surface area contributed by atoms with Gasteiger partial charge in [-0.15, -0.1) is 0 Å². The topological polar surface area (TPSA) is 47.7 Å². The average molecular weight is 311 g/mol. The Balaban J connectivity index is 2.02. The van der Waals surface area contributed by atoms with E-state index in [9.17, 15) is 0 Å². The summed E-state index contributed by atoms with van der Waals surface area (Å²) in [4.78, 5) is 2.34. The van der Waals surface area contributed by atoms with E-state index in [0.29, 0.717) is 12.0 Å². The van der Waals surface area contributed by atoms with Crippen LogP contribution in [0.3, 0.4) is 0 Å². The van der Waals surface area contributed by atoms with E-state index in [1.54, 1.807) is 7.11 Å². The Labute approximate surface area is 131 Å². The molecule has 21 heavy (non-hydrogen) atoms. The first-order valence-electron chi connectivity index (χ1n) is 7.51. The summed E-state index contributed by atoms with van der Waals surface area (Å²) in [5.74, 6) is 2.14. The van der Waals surface area contributed by atoms with Crippen LogP contribution in [0.25, 0.3) is 0 Å². The molecule has 1 aromatic carbocycles. The second kappa shape index (κ2) is 5.67. The van der Waals surface area contributed by atoms with E-state index in [1.165, 1.54) is 0 Å². The van der Waals surface area contributed by atoms with Gasteiger partial charge in [0.15, 0.2) is 11.5 Å². The van der Waals surface area contributed by atoms with Crippen LogP contribution in [0.4, 0.5) is 0 Å². The van der Waals surface area contributed by atoms with Crippen LogP contribution in [0.5, 0.6) is 11.5 Å². The van der Waals surface area contributed by atoms with Crippen molar-refractivity contribution in [1.29, 1.82) is 0 Å². The largest absolute Gasteiger partial charge is 0.493 e. The number of ether oxygens (including phenoxy) is 2.